The van der Waals surface area contributed by atoms with Gasteiger partial charge in [-0.2, -0.15) is 0 Å². The fourth-order valence-corrected chi connectivity index (χ4v) is 9.21. The first kappa shape index (κ1) is 59.1. The van der Waals surface area contributed by atoms with Crippen LogP contribution in [-0.4, -0.2) is 108 Å². The second-order valence-electron chi connectivity index (χ2n) is 18.2. The second kappa shape index (κ2) is 38.2. The van der Waals surface area contributed by atoms with Crippen LogP contribution in [0.25, 0.3) is 0 Å². The number of aliphatic hydroxyl groups excluding tert-OH is 7. The van der Waals surface area contributed by atoms with Gasteiger partial charge < -0.3 is 46.0 Å². The molecule has 0 aromatic carbocycles. The molecule has 0 radical (unpaired) electrons. The Bertz CT molecular complexity index is 1120. The van der Waals surface area contributed by atoms with Gasteiger partial charge in [0.25, 0.3) is 0 Å². The molecule has 0 bridgehead atoms. The number of unbranched alkanes of at least 4 members (excludes halogenated alkanes) is 27. The summed E-state index contributed by atoms with van der Waals surface area (Å²) in [5.41, 5.74) is 0. The van der Waals surface area contributed by atoms with E-state index in [0.29, 0.717) is 12.8 Å². The number of allylic oxidation sites excluding steroid dienone is 2. The minimum absolute atomic E-state index is 0.225. The molecular weight excluding hydrogens is 813 g/mol. The van der Waals surface area contributed by atoms with Gasteiger partial charge >= 0.3 is 7.82 Å². The molecule has 8 atom stereocenters. The predicted molar refractivity (Wildman–Crippen MR) is 247 cm³/mol. The van der Waals surface area contributed by atoms with E-state index in [2.05, 4.69) is 31.3 Å². The van der Waals surface area contributed by atoms with Gasteiger partial charge in [-0.1, -0.05) is 193 Å². The molecule has 1 fully saturated rings. The van der Waals surface area contributed by atoms with E-state index < -0.39 is 75.2 Å². The van der Waals surface area contributed by atoms with E-state index in [9.17, 15) is 50.0 Å². The van der Waals surface area contributed by atoms with Crippen LogP contribution in [0.15, 0.2) is 12.2 Å². The summed E-state index contributed by atoms with van der Waals surface area (Å²) in [4.78, 5) is 23.5. The summed E-state index contributed by atoms with van der Waals surface area (Å²) in [6, 6.07) is -1.15. The van der Waals surface area contributed by atoms with E-state index >= 15 is 0 Å². The summed E-state index contributed by atoms with van der Waals surface area (Å²) in [6.45, 7) is 3.79. The van der Waals surface area contributed by atoms with E-state index in [-0.39, 0.29) is 12.8 Å². The van der Waals surface area contributed by atoms with Crippen LogP contribution in [0.5, 0.6) is 0 Å². The fraction of sp³-hybridized carbons (Fsp3) is 0.938. The molecule has 62 heavy (non-hydrogen) atoms. The molecule has 1 saturated carbocycles. The highest BCUT2D eigenvalue weighted by molar-refractivity contribution is 7.47. The minimum atomic E-state index is -5.12. The first-order chi connectivity index (χ1) is 29.8. The van der Waals surface area contributed by atoms with Crippen molar-refractivity contribution in [2.45, 2.75) is 281 Å². The monoisotopic (exact) mass is 908 g/mol. The van der Waals surface area contributed by atoms with Crippen LogP contribution in [0.2, 0.25) is 0 Å². The Balaban J connectivity index is 2.47. The molecule has 1 rings (SSSR count). The molecule has 1 amide bonds. The van der Waals surface area contributed by atoms with Crippen LogP contribution in [0.1, 0.15) is 226 Å². The average Bonchev–Trinajstić information content (AvgIpc) is 3.24. The number of aliphatic hydroxyl groups is 7. The average molecular weight is 908 g/mol. The van der Waals surface area contributed by atoms with Crippen LogP contribution in [0, 0.1) is 0 Å². The molecule has 1 aliphatic carbocycles. The Kier molecular flexibility index (Phi) is 36.4. The maximum atomic E-state index is 13.0. The van der Waals surface area contributed by atoms with Gasteiger partial charge in [0.2, 0.25) is 5.91 Å². The number of amides is 1. The number of nitrogens with one attached hydrogen (secondary N) is 1. The zero-order valence-corrected chi connectivity index (χ0v) is 39.9. The molecule has 0 saturated heterocycles. The molecule has 9 N–H and O–H groups in total. The van der Waals surface area contributed by atoms with Crippen LogP contribution in [0.4, 0.5) is 0 Å². The third-order valence-corrected chi connectivity index (χ3v) is 13.4. The van der Waals surface area contributed by atoms with E-state index in [0.717, 1.165) is 70.6 Å². The number of carbonyl (C=O) groups is 1. The van der Waals surface area contributed by atoms with Crippen molar-refractivity contribution in [3.05, 3.63) is 12.2 Å². The Morgan fingerprint density at radius 1 is 0.548 bits per heavy atom. The summed E-state index contributed by atoms with van der Waals surface area (Å²) in [5.74, 6) is -0.563. The molecule has 0 spiro atoms. The zero-order chi connectivity index (χ0) is 45.9. The number of rotatable bonds is 42. The predicted octanol–water partition coefficient (Wildman–Crippen LogP) is 8.98. The molecule has 13 nitrogen and oxygen atoms in total. The summed E-state index contributed by atoms with van der Waals surface area (Å²) < 4.78 is 23.0. The molecule has 8 unspecified atom stereocenters. The first-order valence-electron chi connectivity index (χ1n) is 25.2. The normalized spacial score (nSPS) is 23.1. The van der Waals surface area contributed by atoms with Gasteiger partial charge in [-0.25, -0.2) is 4.57 Å². The largest absolute Gasteiger partial charge is 0.472 e. The van der Waals surface area contributed by atoms with Gasteiger partial charge in [-0.3, -0.25) is 13.8 Å². The number of hydrogen-bond donors (Lipinski definition) is 9. The van der Waals surface area contributed by atoms with Crippen LogP contribution in [0.3, 0.4) is 0 Å². The quantitative estimate of drug-likeness (QED) is 0.0159. The first-order valence-corrected chi connectivity index (χ1v) is 26.7. The third kappa shape index (κ3) is 29.5. The number of phosphoric acid groups is 1. The summed E-state index contributed by atoms with van der Waals surface area (Å²) >= 11 is 0. The lowest BCUT2D eigenvalue weighted by atomic mass is 9.85. The molecule has 368 valence electrons. The van der Waals surface area contributed by atoms with E-state index in [1.807, 2.05) is 0 Å². The number of carbonyl (C=O) groups excluding carboxylic acids is 1. The molecule has 0 aliphatic heterocycles. The van der Waals surface area contributed by atoms with Gasteiger partial charge in [0.05, 0.1) is 31.3 Å². The Morgan fingerprint density at radius 2 is 0.903 bits per heavy atom. The van der Waals surface area contributed by atoms with Gasteiger partial charge in [0.15, 0.2) is 0 Å². The number of hydrogen-bond acceptors (Lipinski definition) is 11. The summed E-state index contributed by atoms with van der Waals surface area (Å²) in [5, 5.41) is 74.7. The lowest BCUT2D eigenvalue weighted by molar-refractivity contribution is -0.220. The highest BCUT2D eigenvalue weighted by Crippen LogP contribution is 2.47. The van der Waals surface area contributed by atoms with Crippen molar-refractivity contribution in [3.63, 3.8) is 0 Å². The maximum absolute atomic E-state index is 13.0. The number of phosphoric ester groups is 1. The van der Waals surface area contributed by atoms with Gasteiger partial charge in [0.1, 0.15) is 36.6 Å². The van der Waals surface area contributed by atoms with Gasteiger partial charge in [-0.05, 0) is 38.5 Å². The van der Waals surface area contributed by atoms with Crippen molar-refractivity contribution in [1.29, 1.82) is 0 Å². The molecular formula is C48H94NO12P. The Morgan fingerprint density at radius 3 is 1.34 bits per heavy atom. The van der Waals surface area contributed by atoms with Crippen LogP contribution >= 0.6 is 7.82 Å². The van der Waals surface area contributed by atoms with E-state index in [4.69, 9.17) is 9.05 Å². The van der Waals surface area contributed by atoms with Crippen molar-refractivity contribution in [1.82, 2.24) is 5.32 Å². The van der Waals surface area contributed by atoms with Crippen LogP contribution in [-0.2, 0) is 18.4 Å². The van der Waals surface area contributed by atoms with Crippen molar-refractivity contribution in [3.8, 4) is 0 Å². The van der Waals surface area contributed by atoms with Gasteiger partial charge in [-0.15, -0.1) is 0 Å². The summed E-state index contributed by atoms with van der Waals surface area (Å²) in [6.07, 6.45) is 26.8. The SMILES string of the molecule is CCCCCC/C=C\CCCCCCCC(O)CC(=O)NC(COP(=O)(O)OC1C(O)C(O)C(O)C(O)C1O)C(O)CCCCCCCCCCCCCCCCCCCCC. The lowest BCUT2D eigenvalue weighted by Gasteiger charge is -2.41. The molecule has 0 aromatic heterocycles. The van der Waals surface area contributed by atoms with Crippen molar-refractivity contribution in [2.75, 3.05) is 6.61 Å². The van der Waals surface area contributed by atoms with E-state index in [1.54, 1.807) is 0 Å². The molecule has 14 heteroatoms. The van der Waals surface area contributed by atoms with Crippen molar-refractivity contribution < 1.29 is 59.0 Å². The lowest BCUT2D eigenvalue weighted by Crippen LogP contribution is -2.64. The van der Waals surface area contributed by atoms with E-state index in [1.165, 1.54) is 116 Å². The standard InChI is InChI=1S/C48H94NO12P/c1-3-5-7-9-11-13-15-17-18-19-20-21-22-24-26-28-30-32-34-36-41(51)40(38-60-62(58,59)61-48-46(56)44(54)43(53)45(55)47(48)57)49-42(52)37-39(50)35-33-31-29-27-25-23-16-14-12-10-8-6-4-2/h14,16,39-41,43-48,50-51,53-57H,3-13,15,17-38H2,1-2H3,(H,49,52)(H,58,59)/b16-14-. The molecule has 0 aromatic rings. The smallest absolute Gasteiger partial charge is 0.393 e. The van der Waals surface area contributed by atoms with Crippen molar-refractivity contribution >= 4 is 13.7 Å². The topological polar surface area (TPSA) is 226 Å². The second-order valence-corrected chi connectivity index (χ2v) is 19.6. The Hall–Kier alpha value is -0.960. The summed E-state index contributed by atoms with van der Waals surface area (Å²) in [7, 11) is -5.12. The zero-order valence-electron chi connectivity index (χ0n) is 39.1. The molecule has 1 aliphatic rings. The van der Waals surface area contributed by atoms with Crippen molar-refractivity contribution in [2.24, 2.45) is 0 Å². The van der Waals surface area contributed by atoms with Crippen LogP contribution < -0.4 is 5.32 Å². The van der Waals surface area contributed by atoms with Gasteiger partial charge in [0, 0.05) is 0 Å². The maximum Gasteiger partial charge on any atom is 0.472 e. The highest BCUT2D eigenvalue weighted by atomic mass is 31.2. The third-order valence-electron chi connectivity index (χ3n) is 12.4. The Labute approximate surface area is 376 Å². The molecule has 0 heterocycles. The minimum Gasteiger partial charge on any atom is -0.393 e. The highest BCUT2D eigenvalue weighted by Gasteiger charge is 2.51. The fourth-order valence-electron chi connectivity index (χ4n) is 8.24.